The van der Waals surface area contributed by atoms with Crippen LogP contribution >= 0.6 is 35.0 Å². The van der Waals surface area contributed by atoms with Gasteiger partial charge in [-0.2, -0.15) is 0 Å². The van der Waals surface area contributed by atoms with Gasteiger partial charge in [-0.25, -0.2) is 4.99 Å². The molecule has 2 nitrogen and oxygen atoms in total. The molecular weight excluding hydrogens is 323 g/mol. The van der Waals surface area contributed by atoms with Gasteiger partial charge in [0, 0.05) is 5.75 Å². The molecule has 0 saturated carbocycles. The molecule has 0 radical (unpaired) electrons. The van der Waals surface area contributed by atoms with Gasteiger partial charge in [0.15, 0.2) is 5.17 Å². The molecule has 5 heteroatoms. The minimum atomic E-state index is 0.533. The summed E-state index contributed by atoms with van der Waals surface area (Å²) in [5.74, 6) is 0.705. The predicted octanol–water partition coefficient (Wildman–Crippen LogP) is 5.49. The fourth-order valence-corrected chi connectivity index (χ4v) is 2.95. The first-order valence-electron chi connectivity index (χ1n) is 6.43. The van der Waals surface area contributed by atoms with Crippen molar-refractivity contribution in [1.29, 1.82) is 0 Å². The van der Waals surface area contributed by atoms with E-state index in [0.717, 1.165) is 11.3 Å². The summed E-state index contributed by atoms with van der Waals surface area (Å²) in [5, 5.41) is 1.65. The number of hydrogen-bond acceptors (Lipinski definition) is 2. The third kappa shape index (κ3) is 4.95. The summed E-state index contributed by atoms with van der Waals surface area (Å²) in [5.41, 5.74) is 10.3. The molecule has 0 unspecified atom stereocenters. The van der Waals surface area contributed by atoms with Gasteiger partial charge in [0.2, 0.25) is 0 Å². The van der Waals surface area contributed by atoms with Gasteiger partial charge in [0.1, 0.15) is 0 Å². The molecule has 0 aliphatic carbocycles. The van der Waals surface area contributed by atoms with Crippen molar-refractivity contribution in [3.63, 3.8) is 0 Å². The number of benzene rings is 2. The summed E-state index contributed by atoms with van der Waals surface area (Å²) in [6, 6.07) is 11.7. The van der Waals surface area contributed by atoms with Crippen LogP contribution in [0.1, 0.15) is 16.7 Å². The molecule has 0 fully saturated rings. The maximum absolute atomic E-state index is 5.99. The van der Waals surface area contributed by atoms with E-state index in [0.29, 0.717) is 21.0 Å². The third-order valence-corrected chi connectivity index (χ3v) is 4.42. The van der Waals surface area contributed by atoms with Crippen molar-refractivity contribution >= 4 is 45.8 Å². The molecule has 0 amide bonds. The molecule has 2 aromatic carbocycles. The van der Waals surface area contributed by atoms with E-state index in [9.17, 15) is 0 Å². The second-order valence-electron chi connectivity index (χ2n) is 4.83. The van der Waals surface area contributed by atoms with Crippen LogP contribution in [0, 0.1) is 13.8 Å². The van der Waals surface area contributed by atoms with Crippen LogP contribution in [0.25, 0.3) is 0 Å². The SMILES string of the molecule is Cc1cc(C)cc(N=C(N)SCc2ccc(Cl)c(Cl)c2)c1. The molecule has 0 spiro atoms. The Bertz CT molecular complexity index is 664. The van der Waals surface area contributed by atoms with Gasteiger partial charge >= 0.3 is 0 Å². The number of thioether (sulfide) groups is 1. The number of nitrogens with zero attached hydrogens (tertiary/aromatic N) is 1. The van der Waals surface area contributed by atoms with Crippen molar-refractivity contribution in [2.45, 2.75) is 19.6 Å². The highest BCUT2D eigenvalue weighted by Gasteiger charge is 2.02. The van der Waals surface area contributed by atoms with Crippen molar-refractivity contribution in [2.75, 3.05) is 0 Å². The molecule has 0 aliphatic rings. The van der Waals surface area contributed by atoms with Crippen LogP contribution in [-0.4, -0.2) is 5.17 Å². The number of rotatable bonds is 3. The van der Waals surface area contributed by atoms with E-state index < -0.39 is 0 Å². The largest absolute Gasteiger partial charge is 0.378 e. The Morgan fingerprint density at radius 2 is 1.71 bits per heavy atom. The summed E-state index contributed by atoms with van der Waals surface area (Å²) in [7, 11) is 0. The first kappa shape index (κ1) is 16.2. The first-order valence-corrected chi connectivity index (χ1v) is 8.17. The quantitative estimate of drug-likeness (QED) is 0.593. The Hall–Kier alpha value is -1.16. The van der Waals surface area contributed by atoms with E-state index in [1.54, 1.807) is 6.07 Å². The topological polar surface area (TPSA) is 38.4 Å². The van der Waals surface area contributed by atoms with Crippen LogP contribution in [0.4, 0.5) is 5.69 Å². The molecule has 0 atom stereocenters. The fraction of sp³-hybridized carbons (Fsp3) is 0.188. The molecule has 0 aliphatic heterocycles. The van der Waals surface area contributed by atoms with Crippen molar-refractivity contribution in [2.24, 2.45) is 10.7 Å². The molecule has 0 heterocycles. The fourth-order valence-electron chi connectivity index (χ4n) is 1.96. The number of hydrogen-bond donors (Lipinski definition) is 1. The summed E-state index contributed by atoms with van der Waals surface area (Å²) in [6.45, 7) is 4.09. The molecular formula is C16H16Cl2N2S. The van der Waals surface area contributed by atoms with Crippen LogP contribution in [0.3, 0.4) is 0 Å². The van der Waals surface area contributed by atoms with Gasteiger partial charge in [-0.1, -0.05) is 47.1 Å². The zero-order valence-corrected chi connectivity index (χ0v) is 14.2. The molecule has 2 N–H and O–H groups in total. The Kier molecular flexibility index (Phi) is 5.57. The highest BCUT2D eigenvalue weighted by molar-refractivity contribution is 8.13. The summed E-state index contributed by atoms with van der Waals surface area (Å²) in [6.07, 6.45) is 0. The highest BCUT2D eigenvalue weighted by Crippen LogP contribution is 2.25. The first-order chi connectivity index (χ1) is 9.94. The summed E-state index contributed by atoms with van der Waals surface area (Å²) in [4.78, 5) is 4.43. The molecule has 0 bridgehead atoms. The lowest BCUT2D eigenvalue weighted by Gasteiger charge is -2.04. The molecule has 2 aromatic rings. The Morgan fingerprint density at radius 3 is 2.33 bits per heavy atom. The van der Waals surface area contributed by atoms with Crippen molar-refractivity contribution in [3.05, 3.63) is 63.1 Å². The predicted molar refractivity (Wildman–Crippen MR) is 95.0 cm³/mol. The van der Waals surface area contributed by atoms with Crippen LogP contribution in [0.15, 0.2) is 41.4 Å². The second kappa shape index (κ2) is 7.21. The van der Waals surface area contributed by atoms with Crippen LogP contribution in [0.2, 0.25) is 10.0 Å². The van der Waals surface area contributed by atoms with Crippen molar-refractivity contribution in [1.82, 2.24) is 0 Å². The lowest BCUT2D eigenvalue weighted by atomic mass is 10.1. The minimum Gasteiger partial charge on any atom is -0.378 e. The zero-order chi connectivity index (χ0) is 15.4. The third-order valence-electron chi connectivity index (χ3n) is 2.82. The van der Waals surface area contributed by atoms with Crippen LogP contribution in [0.5, 0.6) is 0 Å². The van der Waals surface area contributed by atoms with Crippen LogP contribution < -0.4 is 5.73 Å². The van der Waals surface area contributed by atoms with Crippen LogP contribution in [-0.2, 0) is 5.75 Å². The van der Waals surface area contributed by atoms with Crippen molar-refractivity contribution < 1.29 is 0 Å². The van der Waals surface area contributed by atoms with E-state index in [1.165, 1.54) is 22.9 Å². The molecule has 110 valence electrons. The number of aliphatic imine (C=N–C) groups is 1. The number of amidine groups is 1. The Balaban J connectivity index is 2.05. The van der Waals surface area contributed by atoms with E-state index in [1.807, 2.05) is 38.1 Å². The van der Waals surface area contributed by atoms with E-state index in [4.69, 9.17) is 28.9 Å². The normalized spacial score (nSPS) is 11.7. The van der Waals surface area contributed by atoms with Gasteiger partial charge < -0.3 is 5.73 Å². The van der Waals surface area contributed by atoms with E-state index in [-0.39, 0.29) is 0 Å². The van der Waals surface area contributed by atoms with Gasteiger partial charge in [-0.15, -0.1) is 0 Å². The van der Waals surface area contributed by atoms with Gasteiger partial charge in [0.05, 0.1) is 15.7 Å². The molecule has 2 rings (SSSR count). The average molecular weight is 339 g/mol. The van der Waals surface area contributed by atoms with Crippen molar-refractivity contribution in [3.8, 4) is 0 Å². The molecule has 0 aromatic heterocycles. The Labute approximate surface area is 139 Å². The average Bonchev–Trinajstić information content (AvgIpc) is 2.39. The monoisotopic (exact) mass is 338 g/mol. The lowest BCUT2D eigenvalue weighted by Crippen LogP contribution is -2.06. The number of halogens is 2. The maximum atomic E-state index is 5.99. The summed E-state index contributed by atoms with van der Waals surface area (Å²) >= 11 is 13.4. The molecule has 21 heavy (non-hydrogen) atoms. The Morgan fingerprint density at radius 1 is 1.05 bits per heavy atom. The minimum absolute atomic E-state index is 0.533. The second-order valence-corrected chi connectivity index (χ2v) is 6.64. The van der Waals surface area contributed by atoms with E-state index in [2.05, 4.69) is 11.1 Å². The van der Waals surface area contributed by atoms with E-state index >= 15 is 0 Å². The molecule has 0 saturated heterocycles. The van der Waals surface area contributed by atoms with Gasteiger partial charge in [0.25, 0.3) is 0 Å². The summed E-state index contributed by atoms with van der Waals surface area (Å²) < 4.78 is 0. The number of aryl methyl sites for hydroxylation is 2. The smallest absolute Gasteiger partial charge is 0.159 e. The maximum Gasteiger partial charge on any atom is 0.159 e. The standard InChI is InChI=1S/C16H16Cl2N2S/c1-10-5-11(2)7-13(6-10)20-16(19)21-9-12-3-4-14(17)15(18)8-12/h3-8H,9H2,1-2H3,(H2,19,20). The lowest BCUT2D eigenvalue weighted by molar-refractivity contribution is 1.35. The number of nitrogens with two attached hydrogens (primary N) is 1. The van der Waals surface area contributed by atoms with Gasteiger partial charge in [-0.3, -0.25) is 0 Å². The zero-order valence-electron chi connectivity index (χ0n) is 11.9. The van der Waals surface area contributed by atoms with Gasteiger partial charge in [-0.05, 0) is 54.8 Å². The highest BCUT2D eigenvalue weighted by atomic mass is 35.5.